The highest BCUT2D eigenvalue weighted by atomic mass is 16.2. The molecule has 9 heteroatoms. The van der Waals surface area contributed by atoms with Gasteiger partial charge in [-0.3, -0.25) is 19.7 Å². The Morgan fingerprint density at radius 1 is 1.00 bits per heavy atom. The van der Waals surface area contributed by atoms with Crippen LogP contribution in [0.25, 0.3) is 10.9 Å². The molecule has 3 aliphatic rings. The number of aryl methyl sites for hydroxylation is 1. The Balaban J connectivity index is 1.04. The average Bonchev–Trinajstić information content (AvgIpc) is 3.29. The molecule has 0 spiro atoms. The Kier molecular flexibility index (Phi) is 6.96. The maximum Gasteiger partial charge on any atom is 0.329 e. The van der Waals surface area contributed by atoms with Crippen LogP contribution in [0.1, 0.15) is 49.1 Å². The molecule has 39 heavy (non-hydrogen) atoms. The van der Waals surface area contributed by atoms with Gasteiger partial charge in [0.15, 0.2) is 5.82 Å². The molecule has 0 aliphatic carbocycles. The molecule has 9 nitrogen and oxygen atoms in total. The predicted octanol–water partition coefficient (Wildman–Crippen LogP) is 3.99. The molecule has 0 saturated carbocycles. The van der Waals surface area contributed by atoms with Crippen molar-refractivity contribution >= 4 is 34.3 Å². The number of carbonyl (C=O) groups is 2. The predicted molar refractivity (Wildman–Crippen MR) is 151 cm³/mol. The van der Waals surface area contributed by atoms with Crippen molar-refractivity contribution in [3.63, 3.8) is 0 Å². The number of nitriles is 1. The lowest BCUT2D eigenvalue weighted by Crippen LogP contribution is -2.49. The van der Waals surface area contributed by atoms with Gasteiger partial charge >= 0.3 is 6.03 Å². The first-order valence-corrected chi connectivity index (χ1v) is 14.0. The number of urea groups is 1. The van der Waals surface area contributed by atoms with Crippen molar-refractivity contribution in [2.45, 2.75) is 38.0 Å². The number of rotatable bonds is 5. The molecule has 0 radical (unpaired) electrons. The normalized spacial score (nSPS) is 19.9. The van der Waals surface area contributed by atoms with Crippen LogP contribution in [-0.2, 0) is 11.8 Å². The summed E-state index contributed by atoms with van der Waals surface area (Å²) in [6, 6.07) is 16.4. The maximum atomic E-state index is 12.4. The molecule has 6 rings (SSSR count). The number of hydrogen-bond acceptors (Lipinski definition) is 6. The fourth-order valence-electron chi connectivity index (χ4n) is 6.49. The van der Waals surface area contributed by atoms with E-state index in [2.05, 4.69) is 50.5 Å². The minimum Gasteiger partial charge on any atom is -0.370 e. The Morgan fingerprint density at radius 3 is 2.51 bits per heavy atom. The highest BCUT2D eigenvalue weighted by Crippen LogP contribution is 2.34. The third-order valence-corrected chi connectivity index (χ3v) is 8.72. The number of nitrogens with zero attached hydrogens (tertiary/aromatic N) is 6. The first kappa shape index (κ1) is 25.4. The number of nitrogens with one attached hydrogen (secondary N) is 1. The molecule has 3 amide bonds. The van der Waals surface area contributed by atoms with Crippen molar-refractivity contribution in [3.8, 4) is 6.07 Å². The third kappa shape index (κ3) is 5.09. The maximum absolute atomic E-state index is 12.4. The van der Waals surface area contributed by atoms with E-state index in [9.17, 15) is 14.9 Å². The van der Waals surface area contributed by atoms with Crippen LogP contribution in [0.5, 0.6) is 0 Å². The van der Waals surface area contributed by atoms with E-state index in [4.69, 9.17) is 0 Å². The Morgan fingerprint density at radius 2 is 1.77 bits per heavy atom. The van der Waals surface area contributed by atoms with E-state index in [1.807, 2.05) is 29.9 Å². The summed E-state index contributed by atoms with van der Waals surface area (Å²) in [6.07, 6.45) is 4.90. The van der Waals surface area contributed by atoms with E-state index in [0.717, 1.165) is 67.7 Å². The Bertz CT molecular complexity index is 1420. The van der Waals surface area contributed by atoms with E-state index in [1.165, 1.54) is 18.4 Å². The molecule has 2 aromatic carbocycles. The molecule has 0 atom stereocenters. The molecule has 3 aliphatic heterocycles. The fraction of sp³-hybridized carbons (Fsp3) is 0.467. The van der Waals surface area contributed by atoms with Gasteiger partial charge in [0, 0.05) is 45.0 Å². The molecule has 0 bridgehead atoms. The molecule has 3 fully saturated rings. The summed E-state index contributed by atoms with van der Waals surface area (Å²) in [5.41, 5.74) is 4.19. The van der Waals surface area contributed by atoms with Crippen LogP contribution in [0.2, 0.25) is 0 Å². The van der Waals surface area contributed by atoms with Crippen molar-refractivity contribution in [2.75, 3.05) is 49.1 Å². The summed E-state index contributed by atoms with van der Waals surface area (Å²) in [4.78, 5) is 30.5. The number of benzene rings is 2. The van der Waals surface area contributed by atoms with Gasteiger partial charge in [0.2, 0.25) is 5.91 Å². The zero-order valence-electron chi connectivity index (χ0n) is 22.5. The highest BCUT2D eigenvalue weighted by molar-refractivity contribution is 6.08. The number of imide groups is 1. The van der Waals surface area contributed by atoms with Gasteiger partial charge in [-0.1, -0.05) is 18.2 Å². The molecule has 3 aromatic rings. The second-order valence-electron chi connectivity index (χ2n) is 11.1. The molecule has 1 aromatic heterocycles. The molecule has 202 valence electrons. The van der Waals surface area contributed by atoms with Crippen molar-refractivity contribution in [2.24, 2.45) is 13.0 Å². The minimum absolute atomic E-state index is 0.239. The summed E-state index contributed by atoms with van der Waals surface area (Å²) in [5, 5.41) is 17.4. The molecular weight excluding hydrogens is 490 g/mol. The van der Waals surface area contributed by atoms with Gasteiger partial charge in [-0.05, 0) is 80.4 Å². The number of likely N-dealkylation sites (tertiary alicyclic amines) is 1. The number of aromatic nitrogens is 2. The lowest BCUT2D eigenvalue weighted by molar-refractivity contribution is -0.120. The van der Waals surface area contributed by atoms with Crippen molar-refractivity contribution in [1.29, 1.82) is 5.26 Å². The number of anilines is 2. The fourth-order valence-corrected chi connectivity index (χ4v) is 6.49. The summed E-state index contributed by atoms with van der Waals surface area (Å²) in [7, 11) is 1.91. The first-order valence-electron chi connectivity index (χ1n) is 14.0. The smallest absolute Gasteiger partial charge is 0.329 e. The standard InChI is InChI=1S/C30H35N7O2/c1-34-27-18-23(6-7-25(27)29(33-34)37-17-12-28(38)32-30(37)39)22-10-13-35(14-11-22)20-21-8-15-36(16-9-21)26-5-3-2-4-24(26)19-31/h2-7,18,21-22H,8-17,20H2,1H3,(H,32,38,39). The largest absolute Gasteiger partial charge is 0.370 e. The van der Waals surface area contributed by atoms with Crippen LogP contribution in [0.4, 0.5) is 16.3 Å². The average molecular weight is 526 g/mol. The second kappa shape index (κ2) is 10.7. The second-order valence-corrected chi connectivity index (χ2v) is 11.1. The van der Waals surface area contributed by atoms with Gasteiger partial charge < -0.3 is 9.80 Å². The van der Waals surface area contributed by atoms with E-state index < -0.39 is 6.03 Å². The van der Waals surface area contributed by atoms with Crippen LogP contribution < -0.4 is 15.1 Å². The monoisotopic (exact) mass is 525 g/mol. The highest BCUT2D eigenvalue weighted by Gasteiger charge is 2.29. The lowest BCUT2D eigenvalue weighted by atomic mass is 9.88. The third-order valence-electron chi connectivity index (χ3n) is 8.72. The summed E-state index contributed by atoms with van der Waals surface area (Å²) < 4.78 is 1.84. The summed E-state index contributed by atoms with van der Waals surface area (Å²) in [5.74, 6) is 1.60. The number of carbonyl (C=O) groups excluding carboxylic acids is 2. The van der Waals surface area contributed by atoms with Gasteiger partial charge in [0.25, 0.3) is 0 Å². The molecule has 1 N–H and O–H groups in total. The summed E-state index contributed by atoms with van der Waals surface area (Å²) >= 11 is 0. The molecule has 3 saturated heterocycles. The molecule has 0 unspecified atom stereocenters. The van der Waals surface area contributed by atoms with Crippen molar-refractivity contribution in [1.82, 2.24) is 20.0 Å². The summed E-state index contributed by atoms with van der Waals surface area (Å²) in [6.45, 7) is 5.76. The van der Waals surface area contributed by atoms with Crippen molar-refractivity contribution in [3.05, 3.63) is 53.6 Å². The van der Waals surface area contributed by atoms with Gasteiger partial charge in [-0.2, -0.15) is 10.4 Å². The van der Waals surface area contributed by atoms with Crippen molar-refractivity contribution < 1.29 is 9.59 Å². The molecular formula is C30H35N7O2. The van der Waals surface area contributed by atoms with Crippen LogP contribution in [0.3, 0.4) is 0 Å². The van der Waals surface area contributed by atoms with E-state index >= 15 is 0 Å². The quantitative estimate of drug-likeness (QED) is 0.541. The van der Waals surface area contributed by atoms with E-state index in [0.29, 0.717) is 24.2 Å². The topological polar surface area (TPSA) is 97.5 Å². The van der Waals surface area contributed by atoms with Crippen LogP contribution in [0.15, 0.2) is 42.5 Å². The lowest BCUT2D eigenvalue weighted by Gasteiger charge is -2.38. The van der Waals surface area contributed by atoms with Gasteiger partial charge in [-0.15, -0.1) is 0 Å². The Labute approximate surface area is 229 Å². The zero-order chi connectivity index (χ0) is 26.9. The van der Waals surface area contributed by atoms with Crippen LogP contribution >= 0.6 is 0 Å². The number of hydrogen-bond donors (Lipinski definition) is 1. The van der Waals surface area contributed by atoms with Crippen LogP contribution in [-0.4, -0.2) is 65.9 Å². The first-order chi connectivity index (χ1) is 19.0. The van der Waals surface area contributed by atoms with E-state index in [1.54, 1.807) is 4.90 Å². The van der Waals surface area contributed by atoms with E-state index in [-0.39, 0.29) is 12.3 Å². The number of amides is 3. The Hall–Kier alpha value is -3.90. The zero-order valence-corrected chi connectivity index (χ0v) is 22.5. The van der Waals surface area contributed by atoms with Gasteiger partial charge in [-0.25, -0.2) is 4.79 Å². The minimum atomic E-state index is -0.402. The van der Waals surface area contributed by atoms with Gasteiger partial charge in [0.1, 0.15) is 6.07 Å². The molecule has 4 heterocycles. The van der Waals surface area contributed by atoms with Gasteiger partial charge in [0.05, 0.1) is 16.8 Å². The SMILES string of the molecule is Cn1nc(N2CCC(=O)NC2=O)c2ccc(C3CCN(CC4CCN(c5ccccc5C#N)CC4)CC3)cc21. The number of piperidine rings is 2. The number of fused-ring (bicyclic) bond motifs is 1. The number of para-hydroxylation sites is 1. The van der Waals surface area contributed by atoms with Crippen LogP contribution in [0, 0.1) is 17.2 Å².